The second-order valence-electron chi connectivity index (χ2n) is 8.54. The van der Waals surface area contributed by atoms with E-state index in [1.165, 1.54) is 51.0 Å². The molecule has 3 heteroatoms. The van der Waals surface area contributed by atoms with Crippen LogP contribution in [0.15, 0.2) is 12.2 Å². The molecule has 0 saturated carbocycles. The van der Waals surface area contributed by atoms with Gasteiger partial charge in [0.1, 0.15) is 17.1 Å². The molecule has 0 spiro atoms. The Kier molecular flexibility index (Phi) is 8.15. The van der Waals surface area contributed by atoms with Crippen molar-refractivity contribution in [3.8, 4) is 11.5 Å². The van der Waals surface area contributed by atoms with Gasteiger partial charge in [-0.25, -0.2) is 0 Å². The molecule has 156 valence electrons. The summed E-state index contributed by atoms with van der Waals surface area (Å²) in [5, 5.41) is 0. The summed E-state index contributed by atoms with van der Waals surface area (Å²) in [5.41, 5.74) is 4.15. The van der Waals surface area contributed by atoms with Crippen LogP contribution in [-0.2, 0) is 11.2 Å². The largest absolute Gasteiger partial charge is 0.487 e. The summed E-state index contributed by atoms with van der Waals surface area (Å²) in [7, 11) is 0. The van der Waals surface area contributed by atoms with Gasteiger partial charge >= 0.3 is 5.97 Å². The molecule has 28 heavy (non-hydrogen) atoms. The fourth-order valence-corrected chi connectivity index (χ4v) is 4.04. The molecule has 0 aromatic heterocycles. The van der Waals surface area contributed by atoms with Crippen LogP contribution in [0, 0.1) is 20.8 Å². The Bertz CT molecular complexity index is 717. The molecular weight excluding hydrogens is 348 g/mol. The van der Waals surface area contributed by atoms with E-state index in [2.05, 4.69) is 32.9 Å². The summed E-state index contributed by atoms with van der Waals surface area (Å²) >= 11 is 0. The number of unbranched alkanes of at least 4 members (excludes halogenated alkanes) is 5. The van der Waals surface area contributed by atoms with Gasteiger partial charge in [-0.15, -0.1) is 0 Å². The maximum atomic E-state index is 11.5. The van der Waals surface area contributed by atoms with E-state index < -0.39 is 0 Å². The Balaban J connectivity index is 2.04. The molecule has 1 atom stereocenters. The van der Waals surface area contributed by atoms with E-state index in [1.807, 2.05) is 13.8 Å². The Morgan fingerprint density at radius 1 is 1.07 bits per heavy atom. The summed E-state index contributed by atoms with van der Waals surface area (Å²) in [6.45, 7) is 12.0. The van der Waals surface area contributed by atoms with Crippen LogP contribution < -0.4 is 9.47 Å². The maximum absolute atomic E-state index is 11.5. The summed E-state index contributed by atoms with van der Waals surface area (Å²) in [4.78, 5) is 11.5. The maximum Gasteiger partial charge on any atom is 0.308 e. The van der Waals surface area contributed by atoms with Crippen molar-refractivity contribution in [3.05, 3.63) is 34.4 Å². The minimum absolute atomic E-state index is 0.168. The van der Waals surface area contributed by atoms with Crippen LogP contribution in [0.25, 0.3) is 0 Å². The zero-order chi connectivity index (χ0) is 20.7. The molecule has 0 fully saturated rings. The van der Waals surface area contributed by atoms with Gasteiger partial charge in [-0.1, -0.05) is 44.8 Å². The van der Waals surface area contributed by atoms with E-state index in [0.717, 1.165) is 41.7 Å². The highest BCUT2D eigenvalue weighted by molar-refractivity contribution is 5.72. The molecular formula is C25H38O3. The van der Waals surface area contributed by atoms with Crippen LogP contribution in [0.5, 0.6) is 11.5 Å². The fraction of sp³-hybridized carbons (Fsp3) is 0.640. The molecule has 1 aromatic carbocycles. The van der Waals surface area contributed by atoms with Crippen molar-refractivity contribution < 1.29 is 14.3 Å². The van der Waals surface area contributed by atoms with Crippen LogP contribution in [0.3, 0.4) is 0 Å². The molecule has 3 nitrogen and oxygen atoms in total. The van der Waals surface area contributed by atoms with Gasteiger partial charge in [-0.05, 0) is 70.1 Å². The first-order valence-electron chi connectivity index (χ1n) is 10.9. The molecule has 1 heterocycles. The van der Waals surface area contributed by atoms with Crippen molar-refractivity contribution in [2.24, 2.45) is 0 Å². The molecule has 1 aliphatic heterocycles. The Labute approximate surface area is 171 Å². The summed E-state index contributed by atoms with van der Waals surface area (Å²) in [5.74, 6) is 1.43. The highest BCUT2D eigenvalue weighted by atomic mass is 16.5. The number of rotatable bonds is 9. The van der Waals surface area contributed by atoms with Gasteiger partial charge in [0.15, 0.2) is 0 Å². The third kappa shape index (κ3) is 5.62. The summed E-state index contributed by atoms with van der Waals surface area (Å²) < 4.78 is 12.0. The van der Waals surface area contributed by atoms with Crippen molar-refractivity contribution in [3.63, 3.8) is 0 Å². The fourth-order valence-electron chi connectivity index (χ4n) is 4.04. The van der Waals surface area contributed by atoms with Gasteiger partial charge in [-0.2, -0.15) is 0 Å². The smallest absolute Gasteiger partial charge is 0.308 e. The van der Waals surface area contributed by atoms with Crippen molar-refractivity contribution in [2.75, 3.05) is 0 Å². The van der Waals surface area contributed by atoms with Crippen molar-refractivity contribution in [1.29, 1.82) is 0 Å². The van der Waals surface area contributed by atoms with Crippen LogP contribution >= 0.6 is 0 Å². The minimum Gasteiger partial charge on any atom is -0.487 e. The van der Waals surface area contributed by atoms with Crippen LogP contribution in [0.4, 0.5) is 0 Å². The second-order valence-corrected chi connectivity index (χ2v) is 8.54. The molecule has 1 aliphatic rings. The Morgan fingerprint density at radius 2 is 1.79 bits per heavy atom. The topological polar surface area (TPSA) is 35.5 Å². The number of allylic oxidation sites excluding steroid dienone is 1. The lowest BCUT2D eigenvalue weighted by Crippen LogP contribution is -2.36. The zero-order valence-electron chi connectivity index (χ0n) is 18.7. The zero-order valence-corrected chi connectivity index (χ0v) is 18.7. The number of hydrogen-bond acceptors (Lipinski definition) is 3. The standard InChI is InChI=1S/C25H38O3/c1-7-8-9-10-11-12-13-14-16-25(6)17-15-22-20(4)23(27-21(5)26)18(2)19(3)24(22)28-25/h13-14H,7-12,15-17H2,1-6H3/t25-/m1/s1. The lowest BCUT2D eigenvalue weighted by molar-refractivity contribution is -0.132. The van der Waals surface area contributed by atoms with Gasteiger partial charge in [0.05, 0.1) is 0 Å². The third-order valence-electron chi connectivity index (χ3n) is 6.00. The molecule has 0 N–H and O–H groups in total. The highest BCUT2D eigenvalue weighted by Crippen LogP contribution is 2.44. The van der Waals surface area contributed by atoms with Crippen LogP contribution in [-0.4, -0.2) is 11.6 Å². The first-order valence-corrected chi connectivity index (χ1v) is 10.9. The first-order chi connectivity index (χ1) is 13.3. The number of fused-ring (bicyclic) bond motifs is 1. The molecule has 0 bridgehead atoms. The average Bonchev–Trinajstić information content (AvgIpc) is 2.65. The highest BCUT2D eigenvalue weighted by Gasteiger charge is 2.34. The number of benzene rings is 1. The summed E-state index contributed by atoms with van der Waals surface area (Å²) in [6, 6.07) is 0. The summed E-state index contributed by atoms with van der Waals surface area (Å²) in [6.07, 6.45) is 15.3. The lowest BCUT2D eigenvalue weighted by atomic mass is 9.85. The Morgan fingerprint density at radius 3 is 2.46 bits per heavy atom. The van der Waals surface area contributed by atoms with Crippen molar-refractivity contribution >= 4 is 5.97 Å². The van der Waals surface area contributed by atoms with E-state index in [9.17, 15) is 4.79 Å². The van der Waals surface area contributed by atoms with Gasteiger partial charge in [0.2, 0.25) is 0 Å². The molecule has 0 radical (unpaired) electrons. The van der Waals surface area contributed by atoms with E-state index in [1.54, 1.807) is 0 Å². The van der Waals surface area contributed by atoms with Gasteiger partial charge < -0.3 is 9.47 Å². The molecule has 0 aliphatic carbocycles. The minimum atomic E-state index is -0.271. The third-order valence-corrected chi connectivity index (χ3v) is 6.00. The van der Waals surface area contributed by atoms with E-state index in [4.69, 9.17) is 9.47 Å². The molecule has 0 saturated heterocycles. The predicted octanol–water partition coefficient (Wildman–Crippen LogP) is 6.93. The molecule has 0 unspecified atom stereocenters. The van der Waals surface area contributed by atoms with Crippen molar-refractivity contribution in [1.82, 2.24) is 0 Å². The van der Waals surface area contributed by atoms with Gasteiger partial charge in [-0.3, -0.25) is 4.79 Å². The number of carbonyl (C=O) groups excluding carboxylic acids is 1. The first kappa shape index (κ1) is 22.5. The second kappa shape index (κ2) is 10.1. The SMILES string of the molecule is CCCCCCCC=CC[C@]1(C)CCc2c(C)c(OC(C)=O)c(C)c(C)c2O1. The predicted molar refractivity (Wildman–Crippen MR) is 116 cm³/mol. The number of hydrogen-bond donors (Lipinski definition) is 0. The van der Waals surface area contributed by atoms with E-state index in [-0.39, 0.29) is 11.6 Å². The Hall–Kier alpha value is -1.77. The molecule has 2 rings (SSSR count). The molecule has 1 aromatic rings. The van der Waals surface area contributed by atoms with Gasteiger partial charge in [0, 0.05) is 18.9 Å². The van der Waals surface area contributed by atoms with Crippen LogP contribution in [0.2, 0.25) is 0 Å². The number of ether oxygens (including phenoxy) is 2. The van der Waals surface area contributed by atoms with Crippen molar-refractivity contribution in [2.45, 2.75) is 105 Å². The quantitative estimate of drug-likeness (QED) is 0.200. The monoisotopic (exact) mass is 386 g/mol. The van der Waals surface area contributed by atoms with E-state index in [0.29, 0.717) is 5.75 Å². The lowest BCUT2D eigenvalue weighted by Gasteiger charge is -2.37. The molecule has 0 amide bonds. The average molecular weight is 387 g/mol. The number of carbonyl (C=O) groups is 1. The normalized spacial score (nSPS) is 18.8. The van der Waals surface area contributed by atoms with Gasteiger partial charge in [0.25, 0.3) is 0 Å². The van der Waals surface area contributed by atoms with Crippen LogP contribution in [0.1, 0.15) is 94.4 Å². The van der Waals surface area contributed by atoms with E-state index >= 15 is 0 Å². The number of esters is 1.